The first-order chi connectivity index (χ1) is 13.6. The van der Waals surface area contributed by atoms with Gasteiger partial charge in [0.1, 0.15) is 18.1 Å². The monoisotopic (exact) mass is 395 g/mol. The quantitative estimate of drug-likeness (QED) is 0.700. The van der Waals surface area contributed by atoms with Crippen molar-refractivity contribution in [2.45, 2.75) is 13.0 Å². The number of ether oxygens (including phenoxy) is 1. The highest BCUT2D eigenvalue weighted by Crippen LogP contribution is 2.35. The Morgan fingerprint density at radius 2 is 1.89 bits per heavy atom. The van der Waals surface area contributed by atoms with E-state index in [2.05, 4.69) is 20.7 Å². The van der Waals surface area contributed by atoms with E-state index in [9.17, 15) is 4.79 Å². The second-order valence-corrected chi connectivity index (χ2v) is 6.77. The Labute approximate surface area is 167 Å². The van der Waals surface area contributed by atoms with Crippen LogP contribution in [0.2, 0.25) is 5.02 Å². The van der Waals surface area contributed by atoms with Gasteiger partial charge in [0.05, 0.1) is 12.7 Å². The molecule has 1 aromatic heterocycles. The van der Waals surface area contributed by atoms with Crippen molar-refractivity contribution in [3.05, 3.63) is 76.7 Å². The number of rotatable bonds is 4. The summed E-state index contributed by atoms with van der Waals surface area (Å²) in [5.74, 6) is 1.08. The van der Waals surface area contributed by atoms with Gasteiger partial charge in [-0.25, -0.2) is 4.68 Å². The summed E-state index contributed by atoms with van der Waals surface area (Å²) in [5, 5.41) is 11.0. The number of nitrogens with one attached hydrogen (secondary N) is 2. The Kier molecular flexibility index (Phi) is 4.75. The average Bonchev–Trinajstić information content (AvgIpc) is 3.16. The predicted molar refractivity (Wildman–Crippen MR) is 108 cm³/mol. The lowest BCUT2D eigenvalue weighted by atomic mass is 9.95. The number of halogens is 1. The number of anilines is 2. The molecule has 0 saturated carbocycles. The molecule has 0 aliphatic carbocycles. The van der Waals surface area contributed by atoms with Gasteiger partial charge < -0.3 is 15.4 Å². The molecular weight excluding hydrogens is 378 g/mol. The highest BCUT2D eigenvalue weighted by molar-refractivity contribution is 6.30. The van der Waals surface area contributed by atoms with Crippen molar-refractivity contribution in [1.29, 1.82) is 0 Å². The van der Waals surface area contributed by atoms with Crippen molar-refractivity contribution in [2.24, 2.45) is 0 Å². The van der Waals surface area contributed by atoms with E-state index in [4.69, 9.17) is 16.3 Å². The normalized spacial score (nSPS) is 15.6. The molecular formula is C20H18ClN5O2. The van der Waals surface area contributed by atoms with Crippen LogP contribution in [0, 0.1) is 0 Å². The Hall–Kier alpha value is -3.32. The summed E-state index contributed by atoms with van der Waals surface area (Å²) < 4.78 is 6.85. The third-order valence-electron chi connectivity index (χ3n) is 4.57. The first-order valence-electron chi connectivity index (χ1n) is 8.65. The summed E-state index contributed by atoms with van der Waals surface area (Å²) in [5.41, 5.74) is 2.82. The predicted octanol–water partition coefficient (Wildman–Crippen LogP) is 3.87. The first-order valence-corrected chi connectivity index (χ1v) is 9.03. The number of carbonyl (C=O) groups excluding carboxylic acids is 1. The minimum absolute atomic E-state index is 0.226. The molecule has 0 bridgehead atoms. The lowest BCUT2D eigenvalue weighted by Gasteiger charge is -2.28. The van der Waals surface area contributed by atoms with Gasteiger partial charge in [-0.05, 0) is 48.9 Å². The van der Waals surface area contributed by atoms with Crippen LogP contribution in [0.4, 0.5) is 11.6 Å². The van der Waals surface area contributed by atoms with Gasteiger partial charge in [-0.1, -0.05) is 23.7 Å². The fourth-order valence-electron chi connectivity index (χ4n) is 3.21. The number of methoxy groups -OCH3 is 1. The number of nitrogens with zero attached hydrogens (tertiary/aromatic N) is 3. The molecule has 1 unspecified atom stereocenters. The van der Waals surface area contributed by atoms with E-state index >= 15 is 0 Å². The summed E-state index contributed by atoms with van der Waals surface area (Å²) >= 11 is 6.04. The molecule has 1 atom stereocenters. The van der Waals surface area contributed by atoms with Gasteiger partial charge in [-0.15, -0.1) is 0 Å². The number of hydrogen-bond donors (Lipinski definition) is 2. The fraction of sp³-hybridized carbons (Fsp3) is 0.150. The molecule has 28 heavy (non-hydrogen) atoms. The topological polar surface area (TPSA) is 81.1 Å². The van der Waals surface area contributed by atoms with Crippen molar-refractivity contribution in [2.75, 3.05) is 17.7 Å². The molecule has 0 fully saturated rings. The second-order valence-electron chi connectivity index (χ2n) is 6.33. The number of aromatic nitrogens is 3. The van der Waals surface area contributed by atoms with E-state index in [1.165, 1.54) is 6.33 Å². The van der Waals surface area contributed by atoms with Crippen LogP contribution in [0.15, 0.2) is 66.1 Å². The van der Waals surface area contributed by atoms with Crippen molar-refractivity contribution in [3.8, 4) is 5.75 Å². The summed E-state index contributed by atoms with van der Waals surface area (Å²) in [6.45, 7) is 1.85. The van der Waals surface area contributed by atoms with Crippen LogP contribution in [0.25, 0.3) is 0 Å². The molecule has 142 valence electrons. The maximum Gasteiger partial charge on any atom is 0.255 e. The number of amides is 1. The van der Waals surface area contributed by atoms with Gasteiger partial charge >= 0.3 is 0 Å². The molecule has 3 aromatic rings. The van der Waals surface area contributed by atoms with Crippen LogP contribution < -0.4 is 15.4 Å². The number of hydrogen-bond acceptors (Lipinski definition) is 5. The van der Waals surface area contributed by atoms with E-state index in [1.54, 1.807) is 48.2 Å². The van der Waals surface area contributed by atoms with Crippen LogP contribution in [0.1, 0.15) is 18.5 Å². The number of allylic oxidation sites excluding steroid dienone is 1. The van der Waals surface area contributed by atoms with E-state index in [-0.39, 0.29) is 5.91 Å². The Bertz CT molecular complexity index is 1040. The van der Waals surface area contributed by atoms with Crippen LogP contribution in [0.3, 0.4) is 0 Å². The van der Waals surface area contributed by atoms with E-state index in [1.807, 2.05) is 19.1 Å². The SMILES string of the molecule is COc1ccc(NC(=O)C2=C(C)Nc3ncnn3C2c2ccc(Cl)cc2)cc1. The van der Waals surface area contributed by atoms with Crippen LogP contribution in [-0.2, 0) is 4.79 Å². The number of benzene rings is 2. The highest BCUT2D eigenvalue weighted by atomic mass is 35.5. The Balaban J connectivity index is 1.71. The van der Waals surface area contributed by atoms with Gasteiger partial charge in [-0.3, -0.25) is 4.79 Å². The van der Waals surface area contributed by atoms with Crippen molar-refractivity contribution < 1.29 is 9.53 Å². The zero-order valence-electron chi connectivity index (χ0n) is 15.3. The third-order valence-corrected chi connectivity index (χ3v) is 4.82. The Morgan fingerprint density at radius 1 is 1.18 bits per heavy atom. The molecule has 1 aliphatic heterocycles. The van der Waals surface area contributed by atoms with Gasteiger partial charge in [-0.2, -0.15) is 10.1 Å². The number of fused-ring (bicyclic) bond motifs is 1. The first kappa shape index (κ1) is 18.1. The summed E-state index contributed by atoms with van der Waals surface area (Å²) in [7, 11) is 1.60. The van der Waals surface area contributed by atoms with Gasteiger partial charge in [0.25, 0.3) is 5.91 Å². The molecule has 2 aromatic carbocycles. The highest BCUT2D eigenvalue weighted by Gasteiger charge is 2.33. The van der Waals surface area contributed by atoms with Gasteiger partial charge in [0, 0.05) is 16.4 Å². The minimum Gasteiger partial charge on any atom is -0.497 e. The fourth-order valence-corrected chi connectivity index (χ4v) is 3.34. The van der Waals surface area contributed by atoms with E-state index < -0.39 is 6.04 Å². The lowest BCUT2D eigenvalue weighted by Crippen LogP contribution is -2.31. The summed E-state index contributed by atoms with van der Waals surface area (Å²) in [6.07, 6.45) is 1.46. The minimum atomic E-state index is -0.422. The Morgan fingerprint density at radius 3 is 2.57 bits per heavy atom. The summed E-state index contributed by atoms with van der Waals surface area (Å²) in [6, 6.07) is 14.1. The maximum atomic E-state index is 13.2. The molecule has 2 heterocycles. The zero-order valence-corrected chi connectivity index (χ0v) is 16.1. The van der Waals surface area contributed by atoms with Crippen LogP contribution in [0.5, 0.6) is 5.75 Å². The molecule has 7 nitrogen and oxygen atoms in total. The molecule has 2 N–H and O–H groups in total. The third kappa shape index (κ3) is 3.32. The largest absolute Gasteiger partial charge is 0.497 e. The maximum absolute atomic E-state index is 13.2. The standard InChI is InChI=1S/C20H18ClN5O2/c1-12-17(19(27)25-15-7-9-16(28-2)10-8-15)18(13-3-5-14(21)6-4-13)26-20(24-12)22-11-23-26/h3-11,18H,1-2H3,(H,25,27)(H,22,23,24). The molecule has 4 rings (SSSR count). The molecule has 0 radical (unpaired) electrons. The van der Waals surface area contributed by atoms with Crippen molar-refractivity contribution >= 4 is 29.1 Å². The van der Waals surface area contributed by atoms with Gasteiger partial charge in [0.2, 0.25) is 5.95 Å². The lowest BCUT2D eigenvalue weighted by molar-refractivity contribution is -0.113. The molecule has 1 aliphatic rings. The van der Waals surface area contributed by atoms with E-state index in [0.717, 1.165) is 11.3 Å². The van der Waals surface area contributed by atoms with Crippen LogP contribution in [-0.4, -0.2) is 27.8 Å². The van der Waals surface area contributed by atoms with Crippen LogP contribution >= 0.6 is 11.6 Å². The van der Waals surface area contributed by atoms with Crippen molar-refractivity contribution in [3.63, 3.8) is 0 Å². The molecule has 1 amide bonds. The average molecular weight is 396 g/mol. The summed E-state index contributed by atoms with van der Waals surface area (Å²) in [4.78, 5) is 17.4. The molecule has 0 saturated heterocycles. The van der Waals surface area contributed by atoms with Gasteiger partial charge in [0.15, 0.2) is 0 Å². The molecule has 0 spiro atoms. The second kappa shape index (κ2) is 7.36. The van der Waals surface area contributed by atoms with Crippen molar-refractivity contribution in [1.82, 2.24) is 14.8 Å². The molecule has 8 heteroatoms. The van der Waals surface area contributed by atoms with E-state index in [0.29, 0.717) is 27.9 Å². The smallest absolute Gasteiger partial charge is 0.255 e. The zero-order chi connectivity index (χ0) is 19.7. The number of carbonyl (C=O) groups is 1.